The van der Waals surface area contributed by atoms with Crippen LogP contribution < -0.4 is 11.1 Å². The average molecular weight is 173 g/mol. The van der Waals surface area contributed by atoms with Gasteiger partial charge in [0.1, 0.15) is 6.04 Å². The second-order valence-electron chi connectivity index (χ2n) is 3.00. The molecule has 1 heterocycles. The molecule has 0 spiro atoms. The van der Waals surface area contributed by atoms with Crippen molar-refractivity contribution in [1.29, 1.82) is 0 Å². The molecular weight excluding hydrogens is 158 g/mol. The molecule has 70 valence electrons. The van der Waals surface area contributed by atoms with Gasteiger partial charge in [-0.1, -0.05) is 0 Å². The number of nitrogens with zero attached hydrogens (tertiary/aromatic N) is 1. The smallest absolute Gasteiger partial charge is 0.321 e. The van der Waals surface area contributed by atoms with E-state index in [1.807, 2.05) is 0 Å². The normalized spacial score (nSPS) is 22.1. The Bertz CT molecular complexity index is 157. The lowest BCUT2D eigenvalue weighted by Gasteiger charge is -2.28. The summed E-state index contributed by atoms with van der Waals surface area (Å²) in [4.78, 5) is 12.5. The Morgan fingerprint density at radius 2 is 2.17 bits per heavy atom. The first kappa shape index (κ1) is 9.44. The predicted molar refractivity (Wildman–Crippen MR) is 44.9 cm³/mol. The third kappa shape index (κ3) is 2.77. The van der Waals surface area contributed by atoms with Crippen molar-refractivity contribution >= 4 is 5.97 Å². The zero-order valence-corrected chi connectivity index (χ0v) is 6.99. The Morgan fingerprint density at radius 1 is 1.58 bits per heavy atom. The summed E-state index contributed by atoms with van der Waals surface area (Å²) in [6.07, 6.45) is 0. The summed E-state index contributed by atoms with van der Waals surface area (Å²) < 4.78 is 0. The van der Waals surface area contributed by atoms with Gasteiger partial charge in [-0.3, -0.25) is 9.69 Å². The van der Waals surface area contributed by atoms with E-state index in [2.05, 4.69) is 10.2 Å². The van der Waals surface area contributed by atoms with E-state index in [-0.39, 0.29) is 0 Å². The van der Waals surface area contributed by atoms with E-state index >= 15 is 0 Å². The zero-order valence-electron chi connectivity index (χ0n) is 6.99. The Morgan fingerprint density at radius 3 is 2.67 bits per heavy atom. The first-order chi connectivity index (χ1) is 5.70. The fourth-order valence-electron chi connectivity index (χ4n) is 1.25. The number of piperazine rings is 1. The molecule has 0 aliphatic carbocycles. The van der Waals surface area contributed by atoms with E-state index in [0.717, 1.165) is 26.2 Å². The molecule has 1 rings (SSSR count). The number of carboxylic acid groups (broad SMARTS) is 1. The van der Waals surface area contributed by atoms with Crippen molar-refractivity contribution in [3.8, 4) is 0 Å². The third-order valence-corrected chi connectivity index (χ3v) is 1.98. The fraction of sp³-hybridized carbons (Fsp3) is 0.857. The van der Waals surface area contributed by atoms with Gasteiger partial charge in [0, 0.05) is 32.7 Å². The van der Waals surface area contributed by atoms with Crippen LogP contribution in [0.1, 0.15) is 0 Å². The second-order valence-corrected chi connectivity index (χ2v) is 3.00. The molecule has 0 unspecified atom stereocenters. The second kappa shape index (κ2) is 4.39. The molecule has 1 atom stereocenters. The molecule has 0 amide bonds. The molecule has 4 N–H and O–H groups in total. The van der Waals surface area contributed by atoms with Crippen LogP contribution in [0, 0.1) is 0 Å². The molecule has 0 aromatic carbocycles. The summed E-state index contributed by atoms with van der Waals surface area (Å²) in [5, 5.41) is 11.7. The van der Waals surface area contributed by atoms with Crippen LogP contribution in [0.25, 0.3) is 0 Å². The van der Waals surface area contributed by atoms with Crippen molar-refractivity contribution in [2.45, 2.75) is 6.04 Å². The SMILES string of the molecule is N[C@H](CN1CCNCC1)C(=O)O. The Balaban J connectivity index is 2.24. The Labute approximate surface area is 71.5 Å². The highest BCUT2D eigenvalue weighted by Gasteiger charge is 2.17. The van der Waals surface area contributed by atoms with Crippen LogP contribution in [0.5, 0.6) is 0 Å². The lowest BCUT2D eigenvalue weighted by atomic mass is 10.2. The number of hydrogen-bond donors (Lipinski definition) is 3. The van der Waals surface area contributed by atoms with Crippen molar-refractivity contribution in [1.82, 2.24) is 10.2 Å². The monoisotopic (exact) mass is 173 g/mol. The molecule has 1 aliphatic heterocycles. The summed E-state index contributed by atoms with van der Waals surface area (Å²) in [5.74, 6) is -0.923. The van der Waals surface area contributed by atoms with E-state index in [1.165, 1.54) is 0 Å². The highest BCUT2D eigenvalue weighted by Crippen LogP contribution is 1.93. The number of aliphatic carboxylic acids is 1. The van der Waals surface area contributed by atoms with Crippen molar-refractivity contribution in [3.63, 3.8) is 0 Å². The molecule has 5 nitrogen and oxygen atoms in total. The molecule has 0 bridgehead atoms. The maximum Gasteiger partial charge on any atom is 0.321 e. The van der Waals surface area contributed by atoms with E-state index < -0.39 is 12.0 Å². The van der Waals surface area contributed by atoms with Crippen LogP contribution in [0.4, 0.5) is 0 Å². The van der Waals surface area contributed by atoms with Crippen LogP contribution in [0.2, 0.25) is 0 Å². The van der Waals surface area contributed by atoms with E-state index in [1.54, 1.807) is 0 Å². The van der Waals surface area contributed by atoms with Crippen molar-refractivity contribution in [2.75, 3.05) is 32.7 Å². The number of rotatable bonds is 3. The molecule has 0 saturated carbocycles. The van der Waals surface area contributed by atoms with Gasteiger partial charge in [-0.2, -0.15) is 0 Å². The number of carboxylic acids is 1. The molecule has 5 heteroatoms. The predicted octanol–water partition coefficient (Wildman–Crippen LogP) is -1.70. The van der Waals surface area contributed by atoms with Crippen LogP contribution in [-0.4, -0.2) is 54.7 Å². The molecule has 0 radical (unpaired) electrons. The summed E-state index contributed by atoms with van der Waals surface area (Å²) in [6.45, 7) is 4.08. The highest BCUT2D eigenvalue weighted by molar-refractivity contribution is 5.73. The first-order valence-electron chi connectivity index (χ1n) is 4.11. The van der Waals surface area contributed by atoms with Gasteiger partial charge in [0.25, 0.3) is 0 Å². The van der Waals surface area contributed by atoms with Gasteiger partial charge in [0.15, 0.2) is 0 Å². The molecular formula is C7H15N3O2. The zero-order chi connectivity index (χ0) is 8.97. The minimum Gasteiger partial charge on any atom is -0.480 e. The summed E-state index contributed by atoms with van der Waals surface area (Å²) in [6, 6.07) is -0.747. The lowest BCUT2D eigenvalue weighted by Crippen LogP contribution is -2.50. The molecule has 12 heavy (non-hydrogen) atoms. The third-order valence-electron chi connectivity index (χ3n) is 1.98. The first-order valence-corrected chi connectivity index (χ1v) is 4.11. The van der Waals surface area contributed by atoms with Gasteiger partial charge in [-0.05, 0) is 0 Å². The van der Waals surface area contributed by atoms with Gasteiger partial charge in [0.05, 0.1) is 0 Å². The number of nitrogens with one attached hydrogen (secondary N) is 1. The topological polar surface area (TPSA) is 78.6 Å². The Kier molecular flexibility index (Phi) is 3.46. The van der Waals surface area contributed by atoms with E-state index in [4.69, 9.17) is 10.8 Å². The van der Waals surface area contributed by atoms with Gasteiger partial charge in [0.2, 0.25) is 0 Å². The summed E-state index contributed by atoms with van der Waals surface area (Å²) >= 11 is 0. The fourth-order valence-corrected chi connectivity index (χ4v) is 1.25. The summed E-state index contributed by atoms with van der Waals surface area (Å²) in [7, 11) is 0. The molecule has 1 fully saturated rings. The van der Waals surface area contributed by atoms with E-state index in [9.17, 15) is 4.79 Å². The van der Waals surface area contributed by atoms with Gasteiger partial charge < -0.3 is 16.2 Å². The van der Waals surface area contributed by atoms with Gasteiger partial charge >= 0.3 is 5.97 Å². The van der Waals surface area contributed by atoms with Crippen LogP contribution in [-0.2, 0) is 4.79 Å². The van der Waals surface area contributed by atoms with Crippen molar-refractivity contribution in [3.05, 3.63) is 0 Å². The lowest BCUT2D eigenvalue weighted by molar-refractivity contribution is -0.139. The van der Waals surface area contributed by atoms with Crippen LogP contribution in [0.3, 0.4) is 0 Å². The number of hydrogen-bond acceptors (Lipinski definition) is 4. The molecule has 0 aromatic heterocycles. The molecule has 1 saturated heterocycles. The summed E-state index contributed by atoms with van der Waals surface area (Å²) in [5.41, 5.74) is 5.39. The molecule has 1 aliphatic rings. The standard InChI is InChI=1S/C7H15N3O2/c8-6(7(11)12)5-10-3-1-9-2-4-10/h6,9H,1-5,8H2,(H,11,12)/t6-/m1/s1. The quantitative estimate of drug-likeness (QED) is 0.474. The van der Waals surface area contributed by atoms with E-state index in [0.29, 0.717) is 6.54 Å². The van der Waals surface area contributed by atoms with Crippen LogP contribution in [0.15, 0.2) is 0 Å². The minimum absolute atomic E-state index is 0.455. The number of carbonyl (C=O) groups is 1. The maximum absolute atomic E-state index is 10.4. The van der Waals surface area contributed by atoms with Crippen LogP contribution >= 0.6 is 0 Å². The molecule has 0 aromatic rings. The highest BCUT2D eigenvalue weighted by atomic mass is 16.4. The number of nitrogens with two attached hydrogens (primary N) is 1. The maximum atomic E-state index is 10.4. The van der Waals surface area contributed by atoms with Crippen molar-refractivity contribution < 1.29 is 9.90 Å². The Hall–Kier alpha value is -0.650. The van der Waals surface area contributed by atoms with Gasteiger partial charge in [-0.25, -0.2) is 0 Å². The largest absolute Gasteiger partial charge is 0.480 e. The van der Waals surface area contributed by atoms with Crippen molar-refractivity contribution in [2.24, 2.45) is 5.73 Å². The van der Waals surface area contributed by atoms with Gasteiger partial charge in [-0.15, -0.1) is 0 Å². The minimum atomic E-state index is -0.923. The average Bonchev–Trinajstić information content (AvgIpc) is 2.06.